The summed E-state index contributed by atoms with van der Waals surface area (Å²) in [6.45, 7) is 1.84. The lowest BCUT2D eigenvalue weighted by atomic mass is 9.98. The number of ether oxygens (including phenoxy) is 1. The first-order valence-corrected chi connectivity index (χ1v) is 10.4. The number of rotatable bonds is 8. The molecule has 4 rings (SSSR count). The van der Waals surface area contributed by atoms with Gasteiger partial charge in [-0.05, 0) is 29.2 Å². The van der Waals surface area contributed by atoms with Crippen LogP contribution in [-0.4, -0.2) is 40.9 Å². The van der Waals surface area contributed by atoms with E-state index in [1.807, 2.05) is 48.5 Å². The zero-order valence-electron chi connectivity index (χ0n) is 17.9. The number of carbonyl (C=O) groups is 3. The number of carbonyl (C=O) groups excluding carboxylic acids is 2. The monoisotopic (exact) mass is 449 g/mol. The number of hydrogen-bond donors (Lipinski definition) is 3. The van der Waals surface area contributed by atoms with Crippen LogP contribution in [0.1, 0.15) is 34.8 Å². The zero-order chi connectivity index (χ0) is 23.4. The fraction of sp³-hybridized carbons (Fsp3) is 0.250. The van der Waals surface area contributed by atoms with Gasteiger partial charge in [0.05, 0.1) is 12.6 Å². The summed E-state index contributed by atoms with van der Waals surface area (Å²) >= 11 is 0. The van der Waals surface area contributed by atoms with E-state index in [0.29, 0.717) is 11.3 Å². The third kappa shape index (κ3) is 4.87. The number of nitrogens with one attached hydrogen (secondary N) is 2. The molecule has 1 aliphatic carbocycles. The lowest BCUT2D eigenvalue weighted by Crippen LogP contribution is -2.48. The molecule has 0 spiro atoms. The second-order valence-corrected chi connectivity index (χ2v) is 7.75. The molecule has 3 N–H and O–H groups in total. The van der Waals surface area contributed by atoms with Gasteiger partial charge in [0.1, 0.15) is 18.4 Å². The summed E-state index contributed by atoms with van der Waals surface area (Å²) in [5.41, 5.74) is 4.94. The molecular formula is C24H23N3O6. The molecule has 1 aliphatic rings. The van der Waals surface area contributed by atoms with Crippen LogP contribution in [0.4, 0.5) is 4.79 Å². The molecule has 0 fully saturated rings. The number of fused-ring (bicyclic) bond motifs is 3. The summed E-state index contributed by atoms with van der Waals surface area (Å²) in [5.74, 6) is -1.48. The third-order valence-electron chi connectivity index (χ3n) is 5.63. The minimum atomic E-state index is -1.29. The van der Waals surface area contributed by atoms with E-state index in [-0.39, 0.29) is 19.1 Å². The van der Waals surface area contributed by atoms with Gasteiger partial charge in [-0.25, -0.2) is 4.79 Å². The molecule has 0 aliphatic heterocycles. The molecule has 0 radical (unpaired) electrons. The Labute approximate surface area is 189 Å². The largest absolute Gasteiger partial charge is 0.481 e. The highest BCUT2D eigenvalue weighted by atomic mass is 16.5. The topological polar surface area (TPSA) is 131 Å². The molecule has 3 aromatic rings. The quantitative estimate of drug-likeness (QED) is 0.482. The second-order valence-electron chi connectivity index (χ2n) is 7.75. The normalized spacial score (nSPS) is 13.0. The van der Waals surface area contributed by atoms with Crippen LogP contribution >= 0.6 is 0 Å². The van der Waals surface area contributed by atoms with Crippen molar-refractivity contribution in [2.45, 2.75) is 31.8 Å². The lowest BCUT2D eigenvalue weighted by Gasteiger charge is -2.18. The lowest BCUT2D eigenvalue weighted by molar-refractivity contribution is -0.139. The summed E-state index contributed by atoms with van der Waals surface area (Å²) in [7, 11) is 0. The Bertz CT molecular complexity index is 1140. The number of nitrogens with zero attached hydrogens (tertiary/aromatic N) is 1. The van der Waals surface area contributed by atoms with Gasteiger partial charge in [0.25, 0.3) is 0 Å². The SMILES string of the molecule is Cc1oncc1CNC(=O)C(CC(=O)O)NC(=O)OCC1c2ccccc2-c2ccccc21. The molecule has 33 heavy (non-hydrogen) atoms. The molecule has 0 saturated carbocycles. The van der Waals surface area contributed by atoms with Gasteiger partial charge in [0.15, 0.2) is 0 Å². The van der Waals surface area contributed by atoms with Crippen LogP contribution in [-0.2, 0) is 20.9 Å². The molecule has 0 bridgehead atoms. The molecule has 9 nitrogen and oxygen atoms in total. The summed E-state index contributed by atoms with van der Waals surface area (Å²) in [6, 6.07) is 14.5. The Kier molecular flexibility index (Phi) is 6.39. The molecule has 1 atom stereocenters. The highest BCUT2D eigenvalue weighted by molar-refractivity contribution is 5.89. The Morgan fingerprint density at radius 3 is 2.30 bits per heavy atom. The summed E-state index contributed by atoms with van der Waals surface area (Å²) < 4.78 is 10.4. The fourth-order valence-electron chi connectivity index (χ4n) is 3.96. The van der Waals surface area contributed by atoms with Crippen molar-refractivity contribution in [1.29, 1.82) is 0 Å². The van der Waals surface area contributed by atoms with Crippen molar-refractivity contribution in [3.63, 3.8) is 0 Å². The van der Waals surface area contributed by atoms with Gasteiger partial charge >= 0.3 is 12.1 Å². The first-order chi connectivity index (χ1) is 15.9. The van der Waals surface area contributed by atoms with E-state index >= 15 is 0 Å². The van der Waals surface area contributed by atoms with Crippen LogP contribution < -0.4 is 10.6 Å². The number of carboxylic acids is 1. The summed E-state index contributed by atoms with van der Waals surface area (Å²) in [5, 5.41) is 17.8. The molecule has 0 saturated heterocycles. The van der Waals surface area contributed by atoms with Crippen molar-refractivity contribution in [2.75, 3.05) is 6.61 Å². The van der Waals surface area contributed by atoms with Gasteiger partial charge in [0.2, 0.25) is 5.91 Å². The highest BCUT2D eigenvalue weighted by Crippen LogP contribution is 2.44. The van der Waals surface area contributed by atoms with Crippen molar-refractivity contribution in [3.8, 4) is 11.1 Å². The van der Waals surface area contributed by atoms with Crippen LogP contribution in [0, 0.1) is 6.92 Å². The minimum absolute atomic E-state index is 0.0567. The Hall–Kier alpha value is -4.14. The van der Waals surface area contributed by atoms with Gasteiger partial charge < -0.3 is 25.0 Å². The Morgan fingerprint density at radius 2 is 1.73 bits per heavy atom. The number of benzene rings is 2. The second kappa shape index (κ2) is 9.56. The van der Waals surface area contributed by atoms with Gasteiger partial charge in [-0.3, -0.25) is 9.59 Å². The van der Waals surface area contributed by atoms with Crippen molar-refractivity contribution in [3.05, 3.63) is 77.2 Å². The summed E-state index contributed by atoms with van der Waals surface area (Å²) in [4.78, 5) is 36.2. The molecule has 2 amide bonds. The van der Waals surface area contributed by atoms with Gasteiger partial charge in [-0.1, -0.05) is 53.7 Å². The smallest absolute Gasteiger partial charge is 0.407 e. The number of aliphatic carboxylic acids is 1. The van der Waals surface area contributed by atoms with Crippen molar-refractivity contribution >= 4 is 18.0 Å². The van der Waals surface area contributed by atoms with E-state index in [0.717, 1.165) is 22.3 Å². The van der Waals surface area contributed by atoms with Gasteiger partial charge in [0, 0.05) is 18.0 Å². The number of carboxylic acid groups (broad SMARTS) is 1. The van der Waals surface area contributed by atoms with Crippen LogP contribution in [0.15, 0.2) is 59.3 Å². The number of amides is 2. The van der Waals surface area contributed by atoms with Gasteiger partial charge in [-0.2, -0.15) is 0 Å². The number of aryl methyl sites for hydroxylation is 1. The van der Waals surface area contributed by atoms with E-state index in [1.165, 1.54) is 6.20 Å². The van der Waals surface area contributed by atoms with Crippen molar-refractivity contribution in [2.24, 2.45) is 0 Å². The Balaban J connectivity index is 1.39. The van der Waals surface area contributed by atoms with E-state index < -0.39 is 30.4 Å². The third-order valence-corrected chi connectivity index (χ3v) is 5.63. The van der Waals surface area contributed by atoms with E-state index in [9.17, 15) is 14.4 Å². The minimum Gasteiger partial charge on any atom is -0.481 e. The first kappa shape index (κ1) is 22.1. The number of hydrogen-bond acceptors (Lipinski definition) is 6. The molecule has 170 valence electrons. The van der Waals surface area contributed by atoms with Crippen LogP contribution in [0.3, 0.4) is 0 Å². The predicted molar refractivity (Wildman–Crippen MR) is 117 cm³/mol. The van der Waals surface area contributed by atoms with Crippen molar-refractivity contribution < 1.29 is 28.8 Å². The van der Waals surface area contributed by atoms with Crippen LogP contribution in [0.2, 0.25) is 0 Å². The van der Waals surface area contributed by atoms with Crippen LogP contribution in [0.5, 0.6) is 0 Å². The maximum Gasteiger partial charge on any atom is 0.407 e. The Morgan fingerprint density at radius 1 is 1.09 bits per heavy atom. The first-order valence-electron chi connectivity index (χ1n) is 10.4. The van der Waals surface area contributed by atoms with E-state index in [1.54, 1.807) is 6.92 Å². The number of alkyl carbamates (subject to hydrolysis) is 1. The predicted octanol–water partition coefficient (Wildman–Crippen LogP) is 2.98. The molecule has 1 unspecified atom stereocenters. The van der Waals surface area contributed by atoms with Crippen molar-refractivity contribution in [1.82, 2.24) is 15.8 Å². The van der Waals surface area contributed by atoms with Gasteiger partial charge in [-0.15, -0.1) is 0 Å². The number of aromatic nitrogens is 1. The molecule has 2 aromatic carbocycles. The highest BCUT2D eigenvalue weighted by Gasteiger charge is 2.30. The van der Waals surface area contributed by atoms with E-state index in [4.69, 9.17) is 14.4 Å². The maximum absolute atomic E-state index is 12.5. The average Bonchev–Trinajstić information content (AvgIpc) is 3.36. The molecule has 1 heterocycles. The zero-order valence-corrected chi connectivity index (χ0v) is 17.9. The molecular weight excluding hydrogens is 426 g/mol. The molecule has 9 heteroatoms. The standard InChI is InChI=1S/C24H23N3O6/c1-14-15(12-26-33-14)11-25-23(30)21(10-22(28)29)27-24(31)32-13-20-18-8-4-2-6-16(18)17-7-3-5-9-19(17)20/h2-9,12,20-21H,10-11,13H2,1H3,(H,25,30)(H,27,31)(H,28,29). The fourth-order valence-corrected chi connectivity index (χ4v) is 3.96. The molecule has 1 aromatic heterocycles. The van der Waals surface area contributed by atoms with E-state index in [2.05, 4.69) is 15.8 Å². The van der Waals surface area contributed by atoms with Crippen LogP contribution in [0.25, 0.3) is 11.1 Å². The maximum atomic E-state index is 12.5. The summed E-state index contributed by atoms with van der Waals surface area (Å²) in [6.07, 6.45) is 0.0128. The average molecular weight is 449 g/mol.